The van der Waals surface area contributed by atoms with Gasteiger partial charge >= 0.3 is 0 Å². The van der Waals surface area contributed by atoms with Crippen molar-refractivity contribution < 1.29 is 0 Å². The molecule has 0 aromatic rings. The molecule has 0 saturated carbocycles. The highest BCUT2D eigenvalue weighted by Crippen LogP contribution is 1.40. The van der Waals surface area contributed by atoms with E-state index in [9.17, 15) is 0 Å². The van der Waals surface area contributed by atoms with Crippen LogP contribution in [0, 0.1) is 30.1 Å². The zero-order valence-corrected chi connectivity index (χ0v) is 2.65. The Morgan fingerprint density at radius 1 is 1.60 bits per heavy atom. The number of hydrogen-bond donors (Lipinski definition) is 0. The molecule has 1 nitrogen and oxygen atoms in total. The summed E-state index contributed by atoms with van der Waals surface area (Å²) >= 11 is 0. The van der Waals surface area contributed by atoms with E-state index >= 15 is 0 Å². The van der Waals surface area contributed by atoms with Gasteiger partial charge in [0.25, 0.3) is 0 Å². The van der Waals surface area contributed by atoms with Crippen LogP contribution in [0.25, 0.3) is 0 Å². The predicted octanol–water partition coefficient (Wildman–Crippen LogP) is 0.347. The molecule has 0 atom stereocenters. The van der Waals surface area contributed by atoms with Crippen LogP contribution in [0.4, 0.5) is 0 Å². The average molecular weight is 64.1 g/mol. The molecule has 1 radical (unpaired) electrons. The average Bonchev–Trinajstić information content (AvgIpc) is 1.41. The molecule has 5 heavy (non-hydrogen) atoms. The highest BCUT2D eigenvalue weighted by Gasteiger charge is 1.41. The van der Waals surface area contributed by atoms with Crippen LogP contribution >= 0.6 is 0 Å². The predicted molar refractivity (Wildman–Crippen MR) is 18.7 cm³/mol. The van der Waals surface area contributed by atoms with Crippen LogP contribution in [0.3, 0.4) is 0 Å². The first-order valence-corrected chi connectivity index (χ1v) is 1.08. The van der Waals surface area contributed by atoms with Crippen LogP contribution in [0.2, 0.25) is 0 Å². The summed E-state index contributed by atoms with van der Waals surface area (Å²) in [6.07, 6.45) is 0. The second kappa shape index (κ2) is 3.05. The zero-order valence-electron chi connectivity index (χ0n) is 2.65. The maximum absolute atomic E-state index is 7.60. The highest BCUT2D eigenvalue weighted by atomic mass is 14.2. The van der Waals surface area contributed by atoms with Gasteiger partial charge < -0.3 is 0 Å². The standard InChI is InChI=1S/C4H2N/c1-2-3-4-5/h1H2. The Kier molecular flexibility index (Phi) is 2.47. The number of hydrogen-bond acceptors (Lipinski definition) is 1. The number of nitriles is 1. The first-order valence-electron chi connectivity index (χ1n) is 1.08. The molecule has 0 aliphatic rings. The summed E-state index contributed by atoms with van der Waals surface area (Å²) < 4.78 is 0. The van der Waals surface area contributed by atoms with Crippen molar-refractivity contribution in [2.75, 3.05) is 0 Å². The van der Waals surface area contributed by atoms with Crippen LogP contribution in [0.15, 0.2) is 0 Å². The maximum Gasteiger partial charge on any atom is 0.152 e. The third-order valence-corrected chi connectivity index (χ3v) is 0.144. The number of nitrogens with zero attached hydrogens (tertiary/aromatic N) is 1. The van der Waals surface area contributed by atoms with Crippen LogP contribution in [0.1, 0.15) is 0 Å². The lowest BCUT2D eigenvalue weighted by atomic mass is 10.7. The first kappa shape index (κ1) is 4.05. The minimum absolute atomic E-state index is 1.59. The van der Waals surface area contributed by atoms with E-state index < -0.39 is 0 Å². The summed E-state index contributed by atoms with van der Waals surface area (Å²) in [6.45, 7) is 3.09. The highest BCUT2D eigenvalue weighted by molar-refractivity contribution is 5.17. The van der Waals surface area contributed by atoms with Crippen molar-refractivity contribution in [2.45, 2.75) is 0 Å². The normalized spacial score (nSPS) is 3.20. The molecule has 0 heterocycles. The van der Waals surface area contributed by atoms with E-state index in [1.807, 2.05) is 0 Å². The Morgan fingerprint density at radius 2 is 2.20 bits per heavy atom. The van der Waals surface area contributed by atoms with Gasteiger partial charge in [0.15, 0.2) is 6.07 Å². The summed E-state index contributed by atoms with van der Waals surface area (Å²) in [5.41, 5.74) is 0. The lowest BCUT2D eigenvalue weighted by Gasteiger charge is -1.37. The van der Waals surface area contributed by atoms with Crippen molar-refractivity contribution in [1.82, 2.24) is 0 Å². The van der Waals surface area contributed by atoms with E-state index in [-0.39, 0.29) is 0 Å². The molecule has 0 unspecified atom stereocenters. The van der Waals surface area contributed by atoms with Gasteiger partial charge in [-0.3, -0.25) is 0 Å². The Morgan fingerprint density at radius 3 is 2.20 bits per heavy atom. The largest absolute Gasteiger partial charge is 0.183 e. The summed E-state index contributed by atoms with van der Waals surface area (Å²) in [6, 6.07) is 1.59. The third kappa shape index (κ3) is 3.05. The molecule has 23 valence electrons. The van der Waals surface area contributed by atoms with Gasteiger partial charge in [-0.05, 0) is 0 Å². The second-order valence-corrected chi connectivity index (χ2v) is 0.414. The van der Waals surface area contributed by atoms with E-state index in [2.05, 4.69) is 18.8 Å². The minimum atomic E-state index is 1.59. The van der Waals surface area contributed by atoms with Gasteiger partial charge in [0.05, 0.1) is 0 Å². The van der Waals surface area contributed by atoms with Gasteiger partial charge in [0.2, 0.25) is 0 Å². The van der Waals surface area contributed by atoms with E-state index in [4.69, 9.17) is 5.26 Å². The van der Waals surface area contributed by atoms with Gasteiger partial charge in [-0.1, -0.05) is 5.92 Å². The lowest BCUT2D eigenvalue weighted by molar-refractivity contribution is 1.55. The smallest absolute Gasteiger partial charge is 0.152 e. The topological polar surface area (TPSA) is 23.8 Å². The van der Waals surface area contributed by atoms with Crippen LogP contribution < -0.4 is 0 Å². The molecular formula is C4H2N. The van der Waals surface area contributed by atoms with Gasteiger partial charge in [-0.25, -0.2) is 0 Å². The third-order valence-electron chi connectivity index (χ3n) is 0.144. The Bertz CT molecular complexity index is 97.0. The van der Waals surface area contributed by atoms with E-state index in [1.165, 1.54) is 0 Å². The minimum Gasteiger partial charge on any atom is -0.183 e. The van der Waals surface area contributed by atoms with Gasteiger partial charge in [0, 0.05) is 12.8 Å². The lowest BCUT2D eigenvalue weighted by Crippen LogP contribution is -1.37. The zero-order chi connectivity index (χ0) is 4.12. The summed E-state index contributed by atoms with van der Waals surface area (Å²) in [5.74, 6) is 4.21. The molecule has 0 aromatic carbocycles. The van der Waals surface area contributed by atoms with Crippen LogP contribution in [-0.4, -0.2) is 0 Å². The van der Waals surface area contributed by atoms with Gasteiger partial charge in [-0.15, -0.1) is 0 Å². The molecule has 0 fully saturated rings. The quantitative estimate of drug-likeness (QED) is 0.373. The fourth-order valence-electron chi connectivity index (χ4n) is 0.0395. The van der Waals surface area contributed by atoms with Crippen molar-refractivity contribution in [3.8, 4) is 17.9 Å². The van der Waals surface area contributed by atoms with Crippen molar-refractivity contribution in [1.29, 1.82) is 5.26 Å². The maximum atomic E-state index is 7.60. The second-order valence-electron chi connectivity index (χ2n) is 0.414. The van der Waals surface area contributed by atoms with Crippen LogP contribution in [0.5, 0.6) is 0 Å². The molecule has 0 aromatic heterocycles. The van der Waals surface area contributed by atoms with Gasteiger partial charge in [0.1, 0.15) is 0 Å². The molecule has 0 spiro atoms. The Hall–Kier alpha value is -0.950. The Labute approximate surface area is 31.2 Å². The molecule has 1 heteroatoms. The molecule has 0 saturated heterocycles. The molecule has 0 bridgehead atoms. The van der Waals surface area contributed by atoms with E-state index in [0.29, 0.717) is 0 Å². The SMILES string of the molecule is [CH2]C#CC#N. The van der Waals surface area contributed by atoms with Crippen molar-refractivity contribution >= 4 is 0 Å². The summed E-state index contributed by atoms with van der Waals surface area (Å²) in [4.78, 5) is 0. The molecule has 0 rings (SSSR count). The summed E-state index contributed by atoms with van der Waals surface area (Å²) in [7, 11) is 0. The molecular weight excluding hydrogens is 62.1 g/mol. The molecule has 0 amide bonds. The first-order chi connectivity index (χ1) is 2.41. The number of rotatable bonds is 0. The van der Waals surface area contributed by atoms with Crippen molar-refractivity contribution in [3.05, 3.63) is 6.92 Å². The molecule has 0 N–H and O–H groups in total. The van der Waals surface area contributed by atoms with Crippen molar-refractivity contribution in [2.24, 2.45) is 0 Å². The van der Waals surface area contributed by atoms with Gasteiger partial charge in [-0.2, -0.15) is 5.26 Å². The van der Waals surface area contributed by atoms with E-state index in [0.717, 1.165) is 0 Å². The Balaban J connectivity index is 3.30. The summed E-state index contributed by atoms with van der Waals surface area (Å²) in [5, 5.41) is 7.60. The fourth-order valence-corrected chi connectivity index (χ4v) is 0.0395. The van der Waals surface area contributed by atoms with Crippen LogP contribution in [-0.2, 0) is 0 Å². The fraction of sp³-hybridized carbons (Fsp3) is 0. The molecule has 0 aliphatic carbocycles. The van der Waals surface area contributed by atoms with Crippen molar-refractivity contribution in [3.63, 3.8) is 0 Å². The molecule has 0 aliphatic heterocycles. The van der Waals surface area contributed by atoms with E-state index in [1.54, 1.807) is 6.07 Å². The monoisotopic (exact) mass is 64.0 g/mol.